The summed E-state index contributed by atoms with van der Waals surface area (Å²) in [7, 11) is 1.61. The molecule has 0 saturated heterocycles. The number of hydrogen-bond acceptors (Lipinski definition) is 2. The van der Waals surface area contributed by atoms with Gasteiger partial charge in [-0.15, -0.1) is 0 Å². The predicted molar refractivity (Wildman–Crippen MR) is 66.0 cm³/mol. The van der Waals surface area contributed by atoms with Crippen LogP contribution in [0.2, 0.25) is 0 Å². The number of nitrogens with one attached hydrogen (secondary N) is 2. The lowest BCUT2D eigenvalue weighted by molar-refractivity contribution is -0.128. The Kier molecular flexibility index (Phi) is 4.63. The highest BCUT2D eigenvalue weighted by Gasteiger charge is 2.25. The highest BCUT2D eigenvalue weighted by molar-refractivity contribution is 5.81. The predicted octanol–water partition coefficient (Wildman–Crippen LogP) is 1.69. The van der Waals surface area contributed by atoms with E-state index in [-0.39, 0.29) is 11.7 Å². The number of carbonyl (C=O) groups is 1. The second-order valence-electron chi connectivity index (χ2n) is 4.66. The maximum atomic E-state index is 13.3. The van der Waals surface area contributed by atoms with Crippen molar-refractivity contribution in [3.63, 3.8) is 0 Å². The van der Waals surface area contributed by atoms with Crippen molar-refractivity contribution in [2.24, 2.45) is 5.41 Å². The Labute approximate surface area is 101 Å². The van der Waals surface area contributed by atoms with Crippen LogP contribution in [0.4, 0.5) is 4.39 Å². The molecule has 1 amide bonds. The Bertz CT molecular complexity index is 391. The molecule has 1 aromatic carbocycles. The van der Waals surface area contributed by atoms with Crippen LogP contribution >= 0.6 is 0 Å². The fourth-order valence-electron chi connectivity index (χ4n) is 1.57. The summed E-state index contributed by atoms with van der Waals surface area (Å²) in [4.78, 5) is 11.5. The van der Waals surface area contributed by atoms with E-state index in [0.717, 1.165) is 0 Å². The Hall–Kier alpha value is -1.42. The molecule has 0 bridgehead atoms. The van der Waals surface area contributed by atoms with Crippen molar-refractivity contribution in [2.45, 2.75) is 20.4 Å². The van der Waals surface area contributed by atoms with Crippen molar-refractivity contribution in [1.29, 1.82) is 0 Å². The van der Waals surface area contributed by atoms with Crippen LogP contribution in [0.15, 0.2) is 24.3 Å². The van der Waals surface area contributed by atoms with Crippen LogP contribution in [0, 0.1) is 11.2 Å². The molecule has 0 radical (unpaired) electrons. The lowest BCUT2D eigenvalue weighted by Gasteiger charge is -2.23. The highest BCUT2D eigenvalue weighted by atomic mass is 19.1. The Morgan fingerprint density at radius 2 is 2.00 bits per heavy atom. The molecule has 2 N–H and O–H groups in total. The van der Waals surface area contributed by atoms with Crippen molar-refractivity contribution in [1.82, 2.24) is 10.6 Å². The maximum absolute atomic E-state index is 13.3. The first-order chi connectivity index (χ1) is 7.97. The summed E-state index contributed by atoms with van der Waals surface area (Å²) in [5, 5.41) is 5.71. The number of benzene rings is 1. The summed E-state index contributed by atoms with van der Waals surface area (Å²) in [6.07, 6.45) is 0. The van der Waals surface area contributed by atoms with Crippen molar-refractivity contribution >= 4 is 5.91 Å². The van der Waals surface area contributed by atoms with E-state index in [1.807, 2.05) is 13.8 Å². The van der Waals surface area contributed by atoms with E-state index in [9.17, 15) is 9.18 Å². The second kappa shape index (κ2) is 5.77. The fourth-order valence-corrected chi connectivity index (χ4v) is 1.57. The molecule has 1 aromatic rings. The molecule has 0 aliphatic heterocycles. The van der Waals surface area contributed by atoms with Gasteiger partial charge in [-0.25, -0.2) is 4.39 Å². The quantitative estimate of drug-likeness (QED) is 0.819. The van der Waals surface area contributed by atoms with E-state index in [1.54, 1.807) is 25.2 Å². The van der Waals surface area contributed by atoms with Gasteiger partial charge in [0, 0.05) is 25.7 Å². The first kappa shape index (κ1) is 13.6. The summed E-state index contributed by atoms with van der Waals surface area (Å²) < 4.78 is 13.3. The van der Waals surface area contributed by atoms with Gasteiger partial charge in [0.2, 0.25) is 5.91 Å². The third-order valence-electron chi connectivity index (χ3n) is 2.68. The van der Waals surface area contributed by atoms with E-state index in [4.69, 9.17) is 0 Å². The standard InChI is InChI=1S/C13H19FN2O/c1-13(2,12(17)15-3)9-16-8-10-6-4-5-7-11(10)14/h4-7,16H,8-9H2,1-3H3,(H,15,17). The van der Waals surface area contributed by atoms with Crippen molar-refractivity contribution < 1.29 is 9.18 Å². The Balaban J connectivity index is 2.48. The third-order valence-corrected chi connectivity index (χ3v) is 2.68. The lowest BCUT2D eigenvalue weighted by atomic mass is 9.92. The van der Waals surface area contributed by atoms with E-state index < -0.39 is 5.41 Å². The molecule has 0 saturated carbocycles. The van der Waals surface area contributed by atoms with Gasteiger partial charge < -0.3 is 10.6 Å². The fraction of sp³-hybridized carbons (Fsp3) is 0.462. The summed E-state index contributed by atoms with van der Waals surface area (Å²) >= 11 is 0. The topological polar surface area (TPSA) is 41.1 Å². The molecule has 4 heteroatoms. The molecule has 17 heavy (non-hydrogen) atoms. The van der Waals surface area contributed by atoms with Gasteiger partial charge in [-0.3, -0.25) is 4.79 Å². The van der Waals surface area contributed by atoms with Gasteiger partial charge in [-0.05, 0) is 19.9 Å². The Morgan fingerprint density at radius 3 is 2.59 bits per heavy atom. The molecule has 94 valence electrons. The van der Waals surface area contributed by atoms with E-state index in [1.165, 1.54) is 6.07 Å². The van der Waals surface area contributed by atoms with Crippen LogP contribution < -0.4 is 10.6 Å². The number of rotatable bonds is 5. The largest absolute Gasteiger partial charge is 0.359 e. The molecule has 0 aliphatic rings. The smallest absolute Gasteiger partial charge is 0.226 e. The van der Waals surface area contributed by atoms with E-state index in [0.29, 0.717) is 18.7 Å². The maximum Gasteiger partial charge on any atom is 0.226 e. The highest BCUT2D eigenvalue weighted by Crippen LogP contribution is 2.14. The van der Waals surface area contributed by atoms with Gasteiger partial charge in [0.15, 0.2) is 0 Å². The summed E-state index contributed by atoms with van der Waals surface area (Å²) in [6, 6.07) is 6.62. The zero-order valence-electron chi connectivity index (χ0n) is 10.5. The van der Waals surface area contributed by atoms with Gasteiger partial charge in [0.25, 0.3) is 0 Å². The second-order valence-corrected chi connectivity index (χ2v) is 4.66. The number of carbonyl (C=O) groups excluding carboxylic acids is 1. The monoisotopic (exact) mass is 238 g/mol. The van der Waals surface area contributed by atoms with Crippen molar-refractivity contribution in [3.8, 4) is 0 Å². The van der Waals surface area contributed by atoms with Gasteiger partial charge in [-0.2, -0.15) is 0 Å². The van der Waals surface area contributed by atoms with Gasteiger partial charge in [0.1, 0.15) is 5.82 Å². The van der Waals surface area contributed by atoms with Gasteiger partial charge in [-0.1, -0.05) is 18.2 Å². The van der Waals surface area contributed by atoms with Crippen molar-refractivity contribution in [2.75, 3.05) is 13.6 Å². The number of hydrogen-bond donors (Lipinski definition) is 2. The van der Waals surface area contributed by atoms with Gasteiger partial charge in [0.05, 0.1) is 5.41 Å². The minimum Gasteiger partial charge on any atom is -0.359 e. The Morgan fingerprint density at radius 1 is 1.35 bits per heavy atom. The van der Waals surface area contributed by atoms with Crippen LogP contribution in [0.3, 0.4) is 0 Å². The lowest BCUT2D eigenvalue weighted by Crippen LogP contribution is -2.41. The molecule has 0 fully saturated rings. The molecule has 0 unspecified atom stereocenters. The molecule has 1 rings (SSSR count). The summed E-state index contributed by atoms with van der Waals surface area (Å²) in [5.41, 5.74) is 0.111. The molecule has 0 atom stereocenters. The first-order valence-electron chi connectivity index (χ1n) is 5.63. The molecule has 0 spiro atoms. The molecular weight excluding hydrogens is 219 g/mol. The van der Waals surface area contributed by atoms with Crippen LogP contribution in [0.25, 0.3) is 0 Å². The van der Waals surface area contributed by atoms with E-state index in [2.05, 4.69) is 10.6 Å². The minimum atomic E-state index is -0.500. The van der Waals surface area contributed by atoms with Crippen molar-refractivity contribution in [3.05, 3.63) is 35.6 Å². The van der Waals surface area contributed by atoms with Crippen LogP contribution in [0.5, 0.6) is 0 Å². The molecule has 0 heterocycles. The minimum absolute atomic E-state index is 0.0291. The average molecular weight is 238 g/mol. The van der Waals surface area contributed by atoms with Gasteiger partial charge >= 0.3 is 0 Å². The normalized spacial score (nSPS) is 11.3. The molecular formula is C13H19FN2O. The molecule has 0 aliphatic carbocycles. The summed E-state index contributed by atoms with van der Waals surface area (Å²) in [6.45, 7) is 4.62. The number of amides is 1. The SMILES string of the molecule is CNC(=O)C(C)(C)CNCc1ccccc1F. The number of halogens is 1. The third kappa shape index (κ3) is 3.82. The molecule has 3 nitrogen and oxygen atoms in total. The van der Waals surface area contributed by atoms with E-state index >= 15 is 0 Å². The average Bonchev–Trinajstić information content (AvgIpc) is 2.30. The summed E-state index contributed by atoms with van der Waals surface area (Å²) in [5.74, 6) is -0.253. The van der Waals surface area contributed by atoms with Crippen LogP contribution in [0.1, 0.15) is 19.4 Å². The van der Waals surface area contributed by atoms with Crippen LogP contribution in [-0.2, 0) is 11.3 Å². The molecule has 0 aromatic heterocycles. The van der Waals surface area contributed by atoms with Crippen LogP contribution in [-0.4, -0.2) is 19.5 Å². The zero-order chi connectivity index (χ0) is 12.9. The first-order valence-corrected chi connectivity index (χ1v) is 5.63. The zero-order valence-corrected chi connectivity index (χ0v) is 10.5.